The van der Waals surface area contributed by atoms with Gasteiger partial charge in [-0.2, -0.15) is 0 Å². The number of alkyl halides is 2. The van der Waals surface area contributed by atoms with Gasteiger partial charge in [0.2, 0.25) is 0 Å². The number of nitrogens with zero attached hydrogens (tertiary/aromatic N) is 2. The lowest BCUT2D eigenvalue weighted by atomic mass is 10.1. The first-order chi connectivity index (χ1) is 10.1. The maximum Gasteiger partial charge on any atom is 0.265 e. The molecule has 1 aromatic carbocycles. The molecular weight excluding hydrogens is 294 g/mol. The van der Waals surface area contributed by atoms with E-state index in [1.807, 2.05) is 30.3 Å². The smallest absolute Gasteiger partial charge is 0.265 e. The fourth-order valence-electron chi connectivity index (χ4n) is 2.38. The molecule has 0 saturated carbocycles. The van der Waals surface area contributed by atoms with Gasteiger partial charge in [0.05, 0.1) is 12.7 Å². The van der Waals surface area contributed by atoms with Gasteiger partial charge in [-0.05, 0) is 6.42 Å². The van der Waals surface area contributed by atoms with Crippen molar-refractivity contribution in [1.29, 1.82) is 0 Å². The number of hydrogen-bond acceptors (Lipinski definition) is 3. The molecule has 0 spiro atoms. The molecule has 0 unspecified atom stereocenters. The van der Waals surface area contributed by atoms with Gasteiger partial charge < -0.3 is 4.90 Å². The summed E-state index contributed by atoms with van der Waals surface area (Å²) in [5.41, 5.74) is 0.922. The van der Waals surface area contributed by atoms with E-state index in [1.165, 1.54) is 22.4 Å². The molecule has 0 aliphatic carbocycles. The van der Waals surface area contributed by atoms with Crippen LogP contribution in [0.25, 0.3) is 10.6 Å². The number of rotatable bonds is 2. The summed E-state index contributed by atoms with van der Waals surface area (Å²) >= 11 is 1.24. The van der Waals surface area contributed by atoms with Gasteiger partial charge in [0.25, 0.3) is 11.8 Å². The van der Waals surface area contributed by atoms with Crippen LogP contribution in [0, 0.1) is 0 Å². The van der Waals surface area contributed by atoms with Gasteiger partial charge in [-0.25, -0.2) is 13.8 Å². The van der Waals surface area contributed by atoms with Crippen LogP contribution in [0.4, 0.5) is 8.78 Å². The Morgan fingerprint density at radius 2 is 2.05 bits per heavy atom. The first-order valence-electron chi connectivity index (χ1n) is 6.73. The molecule has 0 N–H and O–H groups in total. The number of benzene rings is 1. The fourth-order valence-corrected chi connectivity index (χ4v) is 3.27. The van der Waals surface area contributed by atoms with Crippen LogP contribution in [0.1, 0.15) is 22.5 Å². The van der Waals surface area contributed by atoms with Crippen molar-refractivity contribution in [2.45, 2.75) is 18.8 Å². The highest BCUT2D eigenvalue weighted by Gasteiger charge is 2.37. The predicted octanol–water partition coefficient (Wildman–Crippen LogP) is 3.68. The lowest BCUT2D eigenvalue weighted by Gasteiger charge is -2.32. The number of likely N-dealkylation sites (tertiary alicyclic amines) is 1. The summed E-state index contributed by atoms with van der Waals surface area (Å²) in [6, 6.07) is 9.50. The molecule has 1 fully saturated rings. The Morgan fingerprint density at radius 3 is 2.76 bits per heavy atom. The zero-order valence-electron chi connectivity index (χ0n) is 11.3. The predicted molar refractivity (Wildman–Crippen MR) is 77.6 cm³/mol. The molecular formula is C15H14F2N2OS. The van der Waals surface area contributed by atoms with E-state index >= 15 is 0 Å². The average molecular weight is 308 g/mol. The van der Waals surface area contributed by atoms with Gasteiger partial charge in [0, 0.05) is 18.5 Å². The number of carbonyl (C=O) groups excluding carboxylic acids is 1. The minimum absolute atomic E-state index is 0.144. The van der Waals surface area contributed by atoms with E-state index in [0.717, 1.165) is 10.6 Å². The van der Waals surface area contributed by atoms with Crippen molar-refractivity contribution in [2.75, 3.05) is 13.1 Å². The number of thiazole rings is 1. The molecule has 2 heterocycles. The largest absolute Gasteiger partial charge is 0.332 e. The summed E-state index contributed by atoms with van der Waals surface area (Å²) in [4.78, 5) is 18.2. The molecule has 1 amide bonds. The Bertz CT molecular complexity index is 642. The molecule has 21 heavy (non-hydrogen) atoms. The molecule has 6 heteroatoms. The Balaban J connectivity index is 1.78. The summed E-state index contributed by atoms with van der Waals surface area (Å²) in [6.45, 7) is -0.114. The van der Waals surface area contributed by atoms with Gasteiger partial charge in [-0.15, -0.1) is 11.3 Å². The van der Waals surface area contributed by atoms with Gasteiger partial charge in [-0.1, -0.05) is 30.3 Å². The summed E-state index contributed by atoms with van der Waals surface area (Å²) in [7, 11) is 0. The third kappa shape index (κ3) is 3.10. The van der Waals surface area contributed by atoms with E-state index in [0.29, 0.717) is 17.8 Å². The second-order valence-corrected chi connectivity index (χ2v) is 6.11. The maximum absolute atomic E-state index is 13.4. The molecule has 0 radical (unpaired) electrons. The Kier molecular flexibility index (Phi) is 3.71. The second kappa shape index (κ2) is 5.52. The molecule has 3 rings (SSSR count). The van der Waals surface area contributed by atoms with E-state index in [4.69, 9.17) is 0 Å². The van der Waals surface area contributed by atoms with Crippen LogP contribution in [0.2, 0.25) is 0 Å². The van der Waals surface area contributed by atoms with Crippen LogP contribution in [0.5, 0.6) is 0 Å². The molecule has 1 aromatic heterocycles. The number of carbonyl (C=O) groups is 1. The van der Waals surface area contributed by atoms with Crippen molar-refractivity contribution in [1.82, 2.24) is 9.88 Å². The topological polar surface area (TPSA) is 33.2 Å². The number of amides is 1. The third-order valence-electron chi connectivity index (χ3n) is 3.42. The summed E-state index contributed by atoms with van der Waals surface area (Å²) < 4.78 is 26.8. The maximum atomic E-state index is 13.4. The third-order valence-corrected chi connectivity index (χ3v) is 4.45. The highest BCUT2D eigenvalue weighted by Crippen LogP contribution is 2.30. The van der Waals surface area contributed by atoms with Crippen molar-refractivity contribution in [3.63, 3.8) is 0 Å². The number of piperidine rings is 1. The first-order valence-corrected chi connectivity index (χ1v) is 7.55. The molecule has 2 aromatic rings. The molecule has 1 aliphatic heterocycles. The van der Waals surface area contributed by atoms with E-state index < -0.39 is 12.5 Å². The van der Waals surface area contributed by atoms with Crippen LogP contribution in [-0.2, 0) is 0 Å². The molecule has 1 aliphatic rings. The Hall–Kier alpha value is -1.82. The first kappa shape index (κ1) is 14.1. The van der Waals surface area contributed by atoms with Gasteiger partial charge in [-0.3, -0.25) is 4.79 Å². The van der Waals surface area contributed by atoms with Crippen LogP contribution >= 0.6 is 11.3 Å². The fraction of sp³-hybridized carbons (Fsp3) is 0.333. The van der Waals surface area contributed by atoms with Crippen LogP contribution in [0.15, 0.2) is 36.5 Å². The normalized spacial score (nSPS) is 17.7. The lowest BCUT2D eigenvalue weighted by molar-refractivity contribution is -0.0559. The zero-order valence-corrected chi connectivity index (χ0v) is 12.1. The summed E-state index contributed by atoms with van der Waals surface area (Å²) in [6.07, 6.45) is 1.67. The zero-order chi connectivity index (χ0) is 14.9. The monoisotopic (exact) mass is 308 g/mol. The highest BCUT2D eigenvalue weighted by molar-refractivity contribution is 7.16. The minimum atomic E-state index is -2.78. The number of halogens is 2. The summed E-state index contributed by atoms with van der Waals surface area (Å²) in [5, 5.41) is 0.725. The van der Waals surface area contributed by atoms with E-state index in [9.17, 15) is 13.6 Å². The average Bonchev–Trinajstić information content (AvgIpc) is 2.96. The van der Waals surface area contributed by atoms with E-state index in [-0.39, 0.29) is 12.3 Å². The Morgan fingerprint density at radius 1 is 1.29 bits per heavy atom. The minimum Gasteiger partial charge on any atom is -0.332 e. The van der Waals surface area contributed by atoms with Crippen molar-refractivity contribution >= 4 is 17.2 Å². The van der Waals surface area contributed by atoms with Gasteiger partial charge in [0.15, 0.2) is 0 Å². The Labute approximate surface area is 125 Å². The molecule has 1 saturated heterocycles. The molecule has 110 valence electrons. The van der Waals surface area contributed by atoms with Crippen molar-refractivity contribution in [3.8, 4) is 10.6 Å². The van der Waals surface area contributed by atoms with Crippen LogP contribution in [0.3, 0.4) is 0 Å². The molecule has 3 nitrogen and oxygen atoms in total. The van der Waals surface area contributed by atoms with E-state index in [1.54, 1.807) is 0 Å². The van der Waals surface area contributed by atoms with Gasteiger partial charge >= 0.3 is 0 Å². The SMILES string of the molecule is O=C(c1cnc(-c2ccccc2)s1)N1CCCC(F)(F)C1. The standard InChI is InChI=1S/C15H14F2N2OS/c16-15(17)7-4-8-19(10-15)14(20)12-9-18-13(21-12)11-5-2-1-3-6-11/h1-3,5-6,9H,4,7-8,10H2. The van der Waals surface area contributed by atoms with Gasteiger partial charge in [0.1, 0.15) is 9.88 Å². The molecule has 0 atom stereocenters. The number of hydrogen-bond donors (Lipinski definition) is 0. The quantitative estimate of drug-likeness (QED) is 0.848. The van der Waals surface area contributed by atoms with E-state index in [2.05, 4.69) is 4.98 Å². The van der Waals surface area contributed by atoms with Crippen molar-refractivity contribution in [2.24, 2.45) is 0 Å². The van der Waals surface area contributed by atoms with Crippen LogP contribution < -0.4 is 0 Å². The van der Waals surface area contributed by atoms with Crippen molar-refractivity contribution < 1.29 is 13.6 Å². The van der Waals surface area contributed by atoms with Crippen LogP contribution in [-0.4, -0.2) is 34.8 Å². The van der Waals surface area contributed by atoms with Crippen molar-refractivity contribution in [3.05, 3.63) is 41.4 Å². The second-order valence-electron chi connectivity index (χ2n) is 5.08. The number of aromatic nitrogens is 1. The lowest BCUT2D eigenvalue weighted by Crippen LogP contribution is -2.45. The summed E-state index contributed by atoms with van der Waals surface area (Å²) in [5.74, 6) is -3.13. The highest BCUT2D eigenvalue weighted by atomic mass is 32.1. The molecule has 0 bridgehead atoms.